The van der Waals surface area contributed by atoms with E-state index >= 15 is 0 Å². The molecule has 0 atom stereocenters. The van der Waals surface area contributed by atoms with Gasteiger partial charge in [-0.25, -0.2) is 0 Å². The van der Waals surface area contributed by atoms with Crippen molar-refractivity contribution in [1.29, 1.82) is 0 Å². The van der Waals surface area contributed by atoms with Crippen LogP contribution in [-0.4, -0.2) is 24.0 Å². The van der Waals surface area contributed by atoms with Crippen molar-refractivity contribution >= 4 is 11.8 Å². The van der Waals surface area contributed by atoms with Gasteiger partial charge in [-0.15, -0.1) is 0 Å². The molecule has 0 unspecified atom stereocenters. The summed E-state index contributed by atoms with van der Waals surface area (Å²) >= 11 is 0. The Morgan fingerprint density at radius 1 is 1.31 bits per heavy atom. The van der Waals surface area contributed by atoms with Gasteiger partial charge in [0.15, 0.2) is 5.78 Å². The van der Waals surface area contributed by atoms with E-state index in [0.29, 0.717) is 11.3 Å². The van der Waals surface area contributed by atoms with E-state index in [1.165, 1.54) is 27.0 Å². The zero-order valence-electron chi connectivity index (χ0n) is 9.48. The van der Waals surface area contributed by atoms with Crippen LogP contribution in [-0.2, 0) is 4.79 Å². The molecule has 1 aromatic carbocycles. The summed E-state index contributed by atoms with van der Waals surface area (Å²) in [7, 11) is 1.49. The molecule has 4 nitrogen and oxygen atoms in total. The first kappa shape index (κ1) is 12.2. The molecular formula is C12H14O4. The zero-order chi connectivity index (χ0) is 12.3. The van der Waals surface area contributed by atoms with E-state index in [4.69, 9.17) is 9.84 Å². The molecule has 0 radical (unpaired) electrons. The molecule has 0 spiro atoms. The van der Waals surface area contributed by atoms with Gasteiger partial charge in [-0.1, -0.05) is 12.1 Å². The summed E-state index contributed by atoms with van der Waals surface area (Å²) in [5, 5.41) is 8.95. The quantitative estimate of drug-likeness (QED) is 0.625. The van der Waals surface area contributed by atoms with Gasteiger partial charge in [0.25, 0.3) is 0 Å². The van der Waals surface area contributed by atoms with Crippen LogP contribution in [0.1, 0.15) is 24.2 Å². The van der Waals surface area contributed by atoms with Crippen molar-refractivity contribution in [1.82, 2.24) is 0 Å². The maximum Gasteiger partial charge on any atom is 0.316 e. The lowest BCUT2D eigenvalue weighted by molar-refractivity contribution is -0.144. The number of carbonyl (C=O) groups is 2. The summed E-state index contributed by atoms with van der Waals surface area (Å²) in [5.74, 6) is -1.04. The Labute approximate surface area is 93.9 Å². The highest BCUT2D eigenvalue weighted by Crippen LogP contribution is 2.24. The second kappa shape index (κ2) is 4.35. The summed E-state index contributed by atoms with van der Waals surface area (Å²) in [6, 6.07) is 6.47. The van der Waals surface area contributed by atoms with E-state index in [0.717, 1.165) is 0 Å². The van der Waals surface area contributed by atoms with Crippen LogP contribution in [0.5, 0.6) is 5.75 Å². The number of benzene rings is 1. The Bertz CT molecular complexity index is 421. The van der Waals surface area contributed by atoms with E-state index in [1.54, 1.807) is 18.2 Å². The molecular weight excluding hydrogens is 208 g/mol. The number of rotatable bonds is 4. The van der Waals surface area contributed by atoms with Crippen molar-refractivity contribution in [3.63, 3.8) is 0 Å². The summed E-state index contributed by atoms with van der Waals surface area (Å²) in [5.41, 5.74) is -1.08. The van der Waals surface area contributed by atoms with Gasteiger partial charge in [0.1, 0.15) is 11.2 Å². The number of methoxy groups -OCH3 is 1. The monoisotopic (exact) mass is 222 g/mol. The number of ether oxygens (including phenoxy) is 1. The third-order valence-electron chi connectivity index (χ3n) is 2.43. The molecule has 1 N–H and O–H groups in total. The first-order chi connectivity index (χ1) is 7.39. The molecule has 16 heavy (non-hydrogen) atoms. The largest absolute Gasteiger partial charge is 0.497 e. The van der Waals surface area contributed by atoms with Crippen LogP contribution in [0.3, 0.4) is 0 Å². The fraction of sp³-hybridized carbons (Fsp3) is 0.333. The summed E-state index contributed by atoms with van der Waals surface area (Å²) in [6.07, 6.45) is 0. The lowest BCUT2D eigenvalue weighted by Gasteiger charge is -2.17. The molecule has 0 heterocycles. The Morgan fingerprint density at radius 3 is 2.44 bits per heavy atom. The van der Waals surface area contributed by atoms with E-state index in [1.807, 2.05) is 0 Å². The lowest BCUT2D eigenvalue weighted by Crippen LogP contribution is -2.33. The highest BCUT2D eigenvalue weighted by Gasteiger charge is 2.36. The fourth-order valence-electron chi connectivity index (χ4n) is 1.22. The highest BCUT2D eigenvalue weighted by atomic mass is 16.5. The van der Waals surface area contributed by atoms with Crippen LogP contribution in [0.15, 0.2) is 24.3 Å². The van der Waals surface area contributed by atoms with Crippen LogP contribution >= 0.6 is 0 Å². The van der Waals surface area contributed by atoms with Crippen molar-refractivity contribution in [2.75, 3.05) is 7.11 Å². The molecule has 0 aliphatic carbocycles. The van der Waals surface area contributed by atoms with Gasteiger partial charge in [0.2, 0.25) is 0 Å². The summed E-state index contributed by atoms with van der Waals surface area (Å²) in [4.78, 5) is 22.9. The van der Waals surface area contributed by atoms with Crippen molar-refractivity contribution in [2.45, 2.75) is 13.8 Å². The minimum Gasteiger partial charge on any atom is -0.497 e. The number of ketones is 1. The number of hydrogen-bond donors (Lipinski definition) is 1. The molecule has 0 amide bonds. The average molecular weight is 222 g/mol. The van der Waals surface area contributed by atoms with E-state index < -0.39 is 17.2 Å². The minimum absolute atomic E-state index is 0.340. The van der Waals surface area contributed by atoms with Crippen molar-refractivity contribution in [3.8, 4) is 5.75 Å². The van der Waals surface area contributed by atoms with Gasteiger partial charge in [0.05, 0.1) is 7.11 Å². The molecule has 0 saturated carbocycles. The molecule has 0 bridgehead atoms. The van der Waals surface area contributed by atoms with Gasteiger partial charge < -0.3 is 9.84 Å². The number of hydrogen-bond acceptors (Lipinski definition) is 3. The maximum atomic E-state index is 11.9. The summed E-state index contributed by atoms with van der Waals surface area (Å²) in [6.45, 7) is 2.77. The Morgan fingerprint density at radius 2 is 1.94 bits per heavy atom. The Balaban J connectivity index is 3.10. The van der Waals surface area contributed by atoms with Crippen LogP contribution < -0.4 is 4.74 Å². The molecule has 1 rings (SSSR count). The van der Waals surface area contributed by atoms with Gasteiger partial charge in [-0.05, 0) is 26.0 Å². The maximum absolute atomic E-state index is 11.9. The van der Waals surface area contributed by atoms with Gasteiger partial charge in [-0.2, -0.15) is 0 Å². The molecule has 1 aromatic rings. The predicted octanol–water partition coefficient (Wildman–Crippen LogP) is 1.99. The van der Waals surface area contributed by atoms with E-state index in [9.17, 15) is 9.59 Å². The number of Topliss-reactive ketones (excluding diaryl/α,β-unsaturated/α-hetero) is 1. The summed E-state index contributed by atoms with van der Waals surface area (Å²) < 4.78 is 4.98. The minimum atomic E-state index is -1.42. The predicted molar refractivity (Wildman–Crippen MR) is 58.7 cm³/mol. The molecule has 0 aromatic heterocycles. The van der Waals surface area contributed by atoms with Crippen LogP contribution in [0.4, 0.5) is 0 Å². The second-order valence-corrected chi connectivity index (χ2v) is 3.99. The van der Waals surface area contributed by atoms with Crippen LogP contribution in [0.25, 0.3) is 0 Å². The molecule has 0 aliphatic heterocycles. The molecule has 86 valence electrons. The Hall–Kier alpha value is -1.84. The number of carbonyl (C=O) groups excluding carboxylic acids is 1. The topological polar surface area (TPSA) is 63.6 Å². The number of aliphatic carboxylic acids is 1. The Kier molecular flexibility index (Phi) is 3.32. The third kappa shape index (κ3) is 2.21. The molecule has 0 fully saturated rings. The van der Waals surface area contributed by atoms with Crippen molar-refractivity contribution in [3.05, 3.63) is 29.8 Å². The van der Waals surface area contributed by atoms with E-state index in [-0.39, 0.29) is 0 Å². The zero-order valence-corrected chi connectivity index (χ0v) is 9.48. The smallest absolute Gasteiger partial charge is 0.316 e. The molecule has 0 aliphatic rings. The number of carboxylic acids is 1. The molecule has 0 saturated heterocycles. The lowest BCUT2D eigenvalue weighted by atomic mass is 9.84. The highest BCUT2D eigenvalue weighted by molar-refractivity contribution is 6.11. The van der Waals surface area contributed by atoms with Gasteiger partial charge in [0, 0.05) is 5.56 Å². The van der Waals surface area contributed by atoms with E-state index in [2.05, 4.69) is 0 Å². The fourth-order valence-corrected chi connectivity index (χ4v) is 1.22. The first-order valence-electron chi connectivity index (χ1n) is 4.82. The van der Waals surface area contributed by atoms with Gasteiger partial charge in [-0.3, -0.25) is 9.59 Å². The third-order valence-corrected chi connectivity index (χ3v) is 2.43. The number of carboxylic acid groups (broad SMARTS) is 1. The standard InChI is InChI=1S/C12H14O4/c1-12(2,11(14)15)10(13)8-5-4-6-9(7-8)16-3/h4-7H,1-3H3,(H,14,15). The van der Waals surface area contributed by atoms with Crippen LogP contribution in [0, 0.1) is 5.41 Å². The molecule has 4 heteroatoms. The van der Waals surface area contributed by atoms with Crippen LogP contribution in [0.2, 0.25) is 0 Å². The van der Waals surface area contributed by atoms with Crippen molar-refractivity contribution in [2.24, 2.45) is 5.41 Å². The second-order valence-electron chi connectivity index (χ2n) is 3.99. The SMILES string of the molecule is COc1cccc(C(=O)C(C)(C)C(=O)O)c1. The first-order valence-corrected chi connectivity index (χ1v) is 4.82. The average Bonchev–Trinajstić information content (AvgIpc) is 2.27. The normalized spacial score (nSPS) is 10.9. The van der Waals surface area contributed by atoms with Gasteiger partial charge >= 0.3 is 5.97 Å². The van der Waals surface area contributed by atoms with Crippen molar-refractivity contribution < 1.29 is 19.4 Å².